The first kappa shape index (κ1) is 9.14. The molecular weight excluding hydrogens is 220 g/mol. The highest BCUT2D eigenvalue weighted by atomic mass is 79.9. The molecule has 0 saturated carbocycles. The molecule has 0 saturated heterocycles. The van der Waals surface area contributed by atoms with Crippen LogP contribution in [0.2, 0.25) is 0 Å². The van der Waals surface area contributed by atoms with Crippen molar-refractivity contribution in [2.24, 2.45) is 0 Å². The van der Waals surface area contributed by atoms with E-state index >= 15 is 0 Å². The number of thioether (sulfide) groups is 1. The topological polar surface area (TPSA) is 0 Å². The molecule has 0 amide bonds. The largest absolute Gasteiger partial charge is 0.150 e. The van der Waals surface area contributed by atoms with Crippen molar-refractivity contribution >= 4 is 27.7 Å². The van der Waals surface area contributed by atoms with E-state index in [9.17, 15) is 0 Å². The van der Waals surface area contributed by atoms with Gasteiger partial charge in [-0.3, -0.25) is 0 Å². The molecule has 0 aliphatic carbocycles. The van der Waals surface area contributed by atoms with Crippen molar-refractivity contribution in [3.63, 3.8) is 0 Å². The second-order valence-electron chi connectivity index (χ2n) is 2.34. The van der Waals surface area contributed by atoms with Gasteiger partial charge in [0.2, 0.25) is 0 Å². The summed E-state index contributed by atoms with van der Waals surface area (Å²) >= 11 is 5.41. The molecule has 0 N–H and O–H groups in total. The van der Waals surface area contributed by atoms with Gasteiger partial charge in [-0.25, -0.2) is 0 Å². The maximum atomic E-state index is 3.58. The first-order chi connectivity index (χ1) is 5.33. The smallest absolute Gasteiger partial charge is 0.0637 e. The number of benzene rings is 1. The van der Waals surface area contributed by atoms with Crippen molar-refractivity contribution in [2.45, 2.75) is 10.6 Å². The first-order valence-corrected chi connectivity index (χ1v) is 5.74. The summed E-state index contributed by atoms with van der Waals surface area (Å²) in [5, 5.41) is 0. The molecule has 0 fully saturated rings. The van der Waals surface area contributed by atoms with Crippen LogP contribution in [-0.2, 0) is 6.42 Å². The highest BCUT2D eigenvalue weighted by Crippen LogP contribution is 2.18. The quantitative estimate of drug-likeness (QED) is 0.719. The Bertz CT molecular complexity index is 198. The molecule has 0 bridgehead atoms. The third-order valence-corrected chi connectivity index (χ3v) is 3.62. The minimum absolute atomic E-state index is 0.546. The van der Waals surface area contributed by atoms with Gasteiger partial charge in [-0.1, -0.05) is 46.3 Å². The molecule has 0 spiro atoms. The van der Waals surface area contributed by atoms with Gasteiger partial charge in [0.1, 0.15) is 0 Å². The zero-order chi connectivity index (χ0) is 8.10. The van der Waals surface area contributed by atoms with Gasteiger partial charge in [0.15, 0.2) is 0 Å². The summed E-state index contributed by atoms with van der Waals surface area (Å²) in [5.74, 6) is 0. The lowest BCUT2D eigenvalue weighted by molar-refractivity contribution is 1.12. The van der Waals surface area contributed by atoms with Crippen LogP contribution in [-0.4, -0.2) is 10.4 Å². The van der Waals surface area contributed by atoms with Crippen molar-refractivity contribution in [3.8, 4) is 0 Å². The zero-order valence-electron chi connectivity index (χ0n) is 6.46. The Balaban J connectivity index is 2.51. The molecular formula is C9H11BrS. The van der Waals surface area contributed by atoms with Crippen LogP contribution in [0.15, 0.2) is 30.3 Å². The van der Waals surface area contributed by atoms with Crippen LogP contribution in [0.4, 0.5) is 0 Å². The average molecular weight is 231 g/mol. The summed E-state index contributed by atoms with van der Waals surface area (Å²) in [6.45, 7) is 0. The van der Waals surface area contributed by atoms with Crippen molar-refractivity contribution in [1.29, 1.82) is 0 Å². The Morgan fingerprint density at radius 1 is 1.36 bits per heavy atom. The molecule has 1 atom stereocenters. The van der Waals surface area contributed by atoms with E-state index in [1.54, 1.807) is 0 Å². The molecule has 1 aromatic carbocycles. The average Bonchev–Trinajstić information content (AvgIpc) is 2.06. The Hall–Kier alpha value is 0.0500. The molecule has 0 aliphatic rings. The standard InChI is InChI=1S/C9H11BrS/c1-11-9(10)7-8-5-3-2-4-6-8/h2-6,9H,7H2,1H3. The Morgan fingerprint density at radius 2 is 2.00 bits per heavy atom. The third-order valence-electron chi connectivity index (χ3n) is 1.49. The molecule has 60 valence electrons. The lowest BCUT2D eigenvalue weighted by atomic mass is 10.2. The van der Waals surface area contributed by atoms with Gasteiger partial charge < -0.3 is 0 Å². The predicted octanol–water partition coefficient (Wildman–Crippen LogP) is 3.31. The second kappa shape index (κ2) is 4.83. The van der Waals surface area contributed by atoms with Crippen molar-refractivity contribution in [3.05, 3.63) is 35.9 Å². The van der Waals surface area contributed by atoms with E-state index in [0.717, 1.165) is 6.42 Å². The molecule has 0 aliphatic heterocycles. The summed E-state index contributed by atoms with van der Waals surface area (Å²) in [4.78, 5) is 0. The summed E-state index contributed by atoms with van der Waals surface area (Å²) in [6.07, 6.45) is 3.21. The molecule has 1 aromatic rings. The SMILES string of the molecule is CSC(Br)Cc1ccccc1. The number of hydrogen-bond donors (Lipinski definition) is 0. The molecule has 0 nitrogen and oxygen atoms in total. The van der Waals surface area contributed by atoms with E-state index < -0.39 is 0 Å². The summed E-state index contributed by atoms with van der Waals surface area (Å²) in [5.41, 5.74) is 1.39. The predicted molar refractivity (Wildman–Crippen MR) is 56.4 cm³/mol. The molecule has 0 aromatic heterocycles. The Kier molecular flexibility index (Phi) is 4.02. The van der Waals surface area contributed by atoms with E-state index in [4.69, 9.17) is 0 Å². The molecule has 0 radical (unpaired) electrons. The Morgan fingerprint density at radius 3 is 2.55 bits per heavy atom. The summed E-state index contributed by atoms with van der Waals surface area (Å²) in [7, 11) is 0. The van der Waals surface area contributed by atoms with Crippen LogP contribution in [0.25, 0.3) is 0 Å². The fourth-order valence-electron chi connectivity index (χ4n) is 0.883. The van der Waals surface area contributed by atoms with Crippen LogP contribution >= 0.6 is 27.7 Å². The van der Waals surface area contributed by atoms with Crippen molar-refractivity contribution in [2.75, 3.05) is 6.26 Å². The molecule has 0 heterocycles. The summed E-state index contributed by atoms with van der Waals surface area (Å²) in [6, 6.07) is 10.5. The van der Waals surface area contributed by atoms with Gasteiger partial charge >= 0.3 is 0 Å². The maximum absolute atomic E-state index is 3.58. The van der Waals surface area contributed by atoms with E-state index in [1.807, 2.05) is 17.8 Å². The third kappa shape index (κ3) is 3.30. The van der Waals surface area contributed by atoms with Gasteiger partial charge in [0.25, 0.3) is 0 Å². The fourth-order valence-corrected chi connectivity index (χ4v) is 1.62. The van der Waals surface area contributed by atoms with E-state index in [0.29, 0.717) is 4.16 Å². The zero-order valence-corrected chi connectivity index (χ0v) is 8.86. The first-order valence-electron chi connectivity index (χ1n) is 3.53. The van der Waals surface area contributed by atoms with Crippen LogP contribution in [0.3, 0.4) is 0 Å². The van der Waals surface area contributed by atoms with Crippen LogP contribution in [0.5, 0.6) is 0 Å². The summed E-state index contributed by atoms with van der Waals surface area (Å²) < 4.78 is 0.546. The molecule has 2 heteroatoms. The minimum atomic E-state index is 0.546. The van der Waals surface area contributed by atoms with Gasteiger partial charge in [-0.2, -0.15) is 11.8 Å². The van der Waals surface area contributed by atoms with E-state index in [-0.39, 0.29) is 0 Å². The van der Waals surface area contributed by atoms with Crippen LogP contribution in [0, 0.1) is 0 Å². The number of alkyl halides is 1. The lowest BCUT2D eigenvalue weighted by Gasteiger charge is -2.04. The monoisotopic (exact) mass is 230 g/mol. The number of rotatable bonds is 3. The number of hydrogen-bond acceptors (Lipinski definition) is 1. The highest BCUT2D eigenvalue weighted by molar-refractivity contribution is 9.11. The highest BCUT2D eigenvalue weighted by Gasteiger charge is 2.01. The minimum Gasteiger partial charge on any atom is -0.150 e. The second-order valence-corrected chi connectivity index (χ2v) is 5.09. The van der Waals surface area contributed by atoms with E-state index in [2.05, 4.69) is 46.5 Å². The maximum Gasteiger partial charge on any atom is 0.0637 e. The van der Waals surface area contributed by atoms with Crippen molar-refractivity contribution < 1.29 is 0 Å². The van der Waals surface area contributed by atoms with Gasteiger partial charge in [0.05, 0.1) is 4.16 Å². The van der Waals surface area contributed by atoms with Crippen LogP contribution < -0.4 is 0 Å². The van der Waals surface area contributed by atoms with E-state index in [1.165, 1.54) is 5.56 Å². The molecule has 1 unspecified atom stereocenters. The van der Waals surface area contributed by atoms with Gasteiger partial charge in [-0.05, 0) is 18.2 Å². The fraction of sp³-hybridized carbons (Fsp3) is 0.333. The Labute approximate surface area is 80.5 Å². The lowest BCUT2D eigenvalue weighted by Crippen LogP contribution is -1.95. The molecule has 1 rings (SSSR count). The normalized spacial score (nSPS) is 12.9. The molecule has 11 heavy (non-hydrogen) atoms. The van der Waals surface area contributed by atoms with Crippen LogP contribution in [0.1, 0.15) is 5.56 Å². The van der Waals surface area contributed by atoms with Gasteiger partial charge in [0, 0.05) is 0 Å². The van der Waals surface area contributed by atoms with Crippen molar-refractivity contribution in [1.82, 2.24) is 0 Å². The van der Waals surface area contributed by atoms with Gasteiger partial charge in [-0.15, -0.1) is 0 Å². The number of halogens is 1.